The van der Waals surface area contributed by atoms with Crippen molar-refractivity contribution in [3.63, 3.8) is 0 Å². The summed E-state index contributed by atoms with van der Waals surface area (Å²) >= 11 is 0. The van der Waals surface area contributed by atoms with Crippen LogP contribution in [0.1, 0.15) is 49.7 Å². The van der Waals surface area contributed by atoms with Crippen LogP contribution in [0.3, 0.4) is 0 Å². The first-order chi connectivity index (χ1) is 12.5. The van der Waals surface area contributed by atoms with E-state index in [1.165, 1.54) is 37.9 Å². The van der Waals surface area contributed by atoms with E-state index in [9.17, 15) is 4.79 Å². The van der Waals surface area contributed by atoms with E-state index < -0.39 is 0 Å². The first-order valence-electron chi connectivity index (χ1n) is 10.0. The number of aryl methyl sites for hydroxylation is 1. The fraction of sp³-hybridized carbons (Fsp3) is 0.591. The van der Waals surface area contributed by atoms with Gasteiger partial charge in [-0.3, -0.25) is 4.79 Å². The minimum Gasteiger partial charge on any atom is -0.487 e. The van der Waals surface area contributed by atoms with E-state index >= 15 is 0 Å². The number of amides is 1. The van der Waals surface area contributed by atoms with E-state index in [-0.39, 0.29) is 11.5 Å². The fourth-order valence-corrected chi connectivity index (χ4v) is 4.36. The average molecular weight is 354 g/mol. The van der Waals surface area contributed by atoms with Crippen LogP contribution >= 0.6 is 0 Å². The van der Waals surface area contributed by atoms with Crippen molar-refractivity contribution in [2.24, 2.45) is 0 Å². The maximum Gasteiger partial charge on any atom is 0.246 e. The van der Waals surface area contributed by atoms with Gasteiger partial charge in [0.15, 0.2) is 0 Å². The summed E-state index contributed by atoms with van der Waals surface area (Å²) in [6, 6.07) is 7.17. The van der Waals surface area contributed by atoms with Gasteiger partial charge < -0.3 is 14.5 Å². The number of hydrogen-bond donors (Lipinski definition) is 0. The quantitative estimate of drug-likeness (QED) is 0.779. The Hall–Kier alpha value is -1.81. The number of piperidine rings is 1. The van der Waals surface area contributed by atoms with Crippen LogP contribution in [0.5, 0.6) is 5.75 Å². The van der Waals surface area contributed by atoms with Crippen molar-refractivity contribution in [3.8, 4) is 5.75 Å². The van der Waals surface area contributed by atoms with E-state index in [4.69, 9.17) is 4.74 Å². The highest BCUT2D eigenvalue weighted by Crippen LogP contribution is 2.41. The molecule has 0 N–H and O–H groups in total. The van der Waals surface area contributed by atoms with Gasteiger partial charge in [-0.2, -0.15) is 0 Å². The van der Waals surface area contributed by atoms with Crippen molar-refractivity contribution in [3.05, 3.63) is 35.4 Å². The van der Waals surface area contributed by atoms with Gasteiger partial charge in [0.25, 0.3) is 0 Å². The Balaban J connectivity index is 1.41. The fourth-order valence-electron chi connectivity index (χ4n) is 4.36. The van der Waals surface area contributed by atoms with Gasteiger partial charge in [0, 0.05) is 39.3 Å². The maximum atomic E-state index is 11.7. The molecule has 1 saturated heterocycles. The second-order valence-electron chi connectivity index (χ2n) is 8.34. The lowest BCUT2D eigenvalue weighted by molar-refractivity contribution is -0.123. The summed E-state index contributed by atoms with van der Waals surface area (Å²) in [5, 5.41) is 0. The molecule has 0 unspecified atom stereocenters. The molecule has 4 nitrogen and oxygen atoms in total. The molecule has 140 valence electrons. The van der Waals surface area contributed by atoms with E-state index in [2.05, 4.69) is 23.1 Å². The first-order valence-corrected chi connectivity index (χ1v) is 10.0. The van der Waals surface area contributed by atoms with Crippen molar-refractivity contribution in [1.29, 1.82) is 0 Å². The number of ether oxygens (including phenoxy) is 1. The number of nitrogens with zero attached hydrogens (tertiary/aromatic N) is 2. The molecule has 2 fully saturated rings. The van der Waals surface area contributed by atoms with Gasteiger partial charge >= 0.3 is 0 Å². The zero-order valence-corrected chi connectivity index (χ0v) is 16.0. The van der Waals surface area contributed by atoms with Crippen LogP contribution in [0.2, 0.25) is 0 Å². The molecule has 2 heterocycles. The van der Waals surface area contributed by atoms with Gasteiger partial charge in [-0.05, 0) is 67.9 Å². The minimum atomic E-state index is 0.0103. The number of hydrogen-bond acceptors (Lipinski definition) is 3. The molecular weight excluding hydrogens is 324 g/mol. The third-order valence-electron chi connectivity index (χ3n) is 6.42. The molecule has 3 aliphatic rings. The molecule has 0 aromatic heterocycles. The summed E-state index contributed by atoms with van der Waals surface area (Å²) < 4.78 is 6.53. The third-order valence-corrected chi connectivity index (χ3v) is 6.42. The summed E-state index contributed by atoms with van der Waals surface area (Å²) in [6.45, 7) is 2.38. The van der Waals surface area contributed by atoms with Crippen LogP contribution in [0.15, 0.2) is 24.3 Å². The molecule has 4 heteroatoms. The van der Waals surface area contributed by atoms with Gasteiger partial charge in [-0.15, -0.1) is 0 Å². The Labute approximate surface area is 156 Å². The highest BCUT2D eigenvalue weighted by molar-refractivity contribution is 5.91. The molecular formula is C22H30N2O2. The number of fused-ring (bicyclic) bond motifs is 1. The zero-order chi connectivity index (χ0) is 18.1. The molecule has 0 atom stereocenters. The second-order valence-corrected chi connectivity index (χ2v) is 8.34. The van der Waals surface area contributed by atoms with Gasteiger partial charge in [-0.1, -0.05) is 12.5 Å². The van der Waals surface area contributed by atoms with Crippen LogP contribution in [0, 0.1) is 0 Å². The molecule has 4 rings (SSSR count). The standard InChI is InChI=1S/C22H30N2O2/c1-23(2)21(25)9-7-17-6-8-20-18(16-17)10-11-22(26-20)12-14-24(15-13-22)19-4-3-5-19/h6-9,16,19H,3-5,10-15H2,1-2H3. The van der Waals surface area contributed by atoms with Gasteiger partial charge in [-0.25, -0.2) is 0 Å². The van der Waals surface area contributed by atoms with E-state index in [0.29, 0.717) is 0 Å². The normalized spacial score (nSPS) is 22.7. The summed E-state index contributed by atoms with van der Waals surface area (Å²) in [5.74, 6) is 1.06. The molecule has 0 radical (unpaired) electrons. The average Bonchev–Trinajstić information content (AvgIpc) is 2.60. The predicted molar refractivity (Wildman–Crippen MR) is 104 cm³/mol. The van der Waals surface area contributed by atoms with Crippen LogP contribution in [0.4, 0.5) is 0 Å². The zero-order valence-electron chi connectivity index (χ0n) is 16.0. The topological polar surface area (TPSA) is 32.8 Å². The molecule has 2 aliphatic heterocycles. The van der Waals surface area contributed by atoms with Crippen molar-refractivity contribution in [1.82, 2.24) is 9.80 Å². The Bertz CT molecular complexity index is 698. The number of carbonyl (C=O) groups is 1. The number of carbonyl (C=O) groups excluding carboxylic acids is 1. The molecule has 26 heavy (non-hydrogen) atoms. The number of likely N-dealkylation sites (tertiary alicyclic amines) is 1. The summed E-state index contributed by atoms with van der Waals surface area (Å²) in [7, 11) is 3.53. The number of likely N-dealkylation sites (N-methyl/N-ethyl adjacent to an activating group) is 1. The minimum absolute atomic E-state index is 0.0103. The second kappa shape index (κ2) is 7.07. The smallest absolute Gasteiger partial charge is 0.246 e. The van der Waals surface area contributed by atoms with Crippen molar-refractivity contribution < 1.29 is 9.53 Å². The van der Waals surface area contributed by atoms with Gasteiger partial charge in [0.1, 0.15) is 11.4 Å². The Morgan fingerprint density at radius 3 is 2.65 bits per heavy atom. The molecule has 1 spiro atoms. The Morgan fingerprint density at radius 2 is 2.00 bits per heavy atom. The molecule has 1 amide bonds. The molecule has 0 bridgehead atoms. The summed E-state index contributed by atoms with van der Waals surface area (Å²) in [5.41, 5.74) is 2.39. The van der Waals surface area contributed by atoms with Crippen LogP contribution < -0.4 is 4.74 Å². The maximum absolute atomic E-state index is 11.7. The number of rotatable bonds is 3. The van der Waals surface area contributed by atoms with E-state index in [1.807, 2.05) is 6.08 Å². The number of benzene rings is 1. The molecule has 1 aliphatic carbocycles. The van der Waals surface area contributed by atoms with Gasteiger partial charge in [0.2, 0.25) is 5.91 Å². The third kappa shape index (κ3) is 3.52. The Morgan fingerprint density at radius 1 is 1.23 bits per heavy atom. The van der Waals surface area contributed by atoms with Crippen LogP contribution in [-0.2, 0) is 11.2 Å². The van der Waals surface area contributed by atoms with Crippen LogP contribution in [-0.4, -0.2) is 54.5 Å². The molecule has 1 aromatic carbocycles. The molecule has 1 saturated carbocycles. The van der Waals surface area contributed by atoms with Gasteiger partial charge in [0.05, 0.1) is 0 Å². The van der Waals surface area contributed by atoms with Crippen molar-refractivity contribution >= 4 is 12.0 Å². The SMILES string of the molecule is CN(C)C(=O)C=Cc1ccc2c(c1)CCC1(CCN(C3CCC3)CC1)O2. The van der Waals surface area contributed by atoms with E-state index in [0.717, 1.165) is 43.0 Å². The largest absolute Gasteiger partial charge is 0.487 e. The highest BCUT2D eigenvalue weighted by Gasteiger charge is 2.41. The van der Waals surface area contributed by atoms with Crippen molar-refractivity contribution in [2.75, 3.05) is 27.2 Å². The lowest BCUT2D eigenvalue weighted by Gasteiger charge is -2.48. The predicted octanol–water partition coefficient (Wildman–Crippen LogP) is 3.50. The Kier molecular flexibility index (Phi) is 4.78. The lowest BCUT2D eigenvalue weighted by atomic mass is 9.81. The van der Waals surface area contributed by atoms with E-state index in [1.54, 1.807) is 25.1 Å². The lowest BCUT2D eigenvalue weighted by Crippen LogP contribution is -2.53. The highest BCUT2D eigenvalue weighted by atomic mass is 16.5. The molecule has 1 aromatic rings. The van der Waals surface area contributed by atoms with Crippen LogP contribution in [0.25, 0.3) is 6.08 Å². The van der Waals surface area contributed by atoms with Crippen molar-refractivity contribution in [2.45, 2.75) is 56.6 Å². The monoisotopic (exact) mass is 354 g/mol. The summed E-state index contributed by atoms with van der Waals surface area (Å²) in [4.78, 5) is 16.0. The first kappa shape index (κ1) is 17.6. The summed E-state index contributed by atoms with van der Waals surface area (Å²) in [6.07, 6.45) is 12.2.